The zero-order chi connectivity index (χ0) is 17.9. The highest BCUT2D eigenvalue weighted by molar-refractivity contribution is 5.91. The van der Waals surface area contributed by atoms with Crippen molar-refractivity contribution in [1.82, 2.24) is 15.1 Å². The van der Waals surface area contributed by atoms with Crippen LogP contribution in [0.5, 0.6) is 0 Å². The molecule has 0 saturated carbocycles. The summed E-state index contributed by atoms with van der Waals surface area (Å²) < 4.78 is 18.7. The molecule has 0 unspecified atom stereocenters. The first-order chi connectivity index (χ1) is 12.7. The Kier molecular flexibility index (Phi) is 5.08. The van der Waals surface area contributed by atoms with Gasteiger partial charge in [-0.1, -0.05) is 0 Å². The van der Waals surface area contributed by atoms with Gasteiger partial charge in [-0.25, -0.2) is 0 Å². The molecule has 0 aromatic carbocycles. The van der Waals surface area contributed by atoms with Gasteiger partial charge in [0.25, 0.3) is 5.91 Å². The van der Waals surface area contributed by atoms with E-state index in [9.17, 15) is 4.79 Å². The molecule has 1 fully saturated rings. The van der Waals surface area contributed by atoms with E-state index >= 15 is 0 Å². The van der Waals surface area contributed by atoms with Gasteiger partial charge in [0.2, 0.25) is 0 Å². The largest absolute Gasteiger partial charge is 0.456 e. The average Bonchev–Trinajstić information content (AvgIpc) is 3.26. The van der Waals surface area contributed by atoms with Crippen molar-refractivity contribution in [2.75, 3.05) is 26.4 Å². The Labute approximate surface area is 152 Å². The summed E-state index contributed by atoms with van der Waals surface area (Å²) in [5.74, 6) is 1.43. The molecule has 2 aromatic rings. The highest BCUT2D eigenvalue weighted by Crippen LogP contribution is 2.26. The topological polar surface area (TPSA) is 78.5 Å². The van der Waals surface area contributed by atoms with Crippen molar-refractivity contribution >= 4 is 5.91 Å². The van der Waals surface area contributed by atoms with Crippen LogP contribution in [0.2, 0.25) is 0 Å². The van der Waals surface area contributed by atoms with Crippen LogP contribution in [0.15, 0.2) is 22.7 Å². The first kappa shape index (κ1) is 17.3. The fraction of sp³-hybridized carbons (Fsp3) is 0.579. The van der Waals surface area contributed by atoms with Crippen molar-refractivity contribution < 1.29 is 18.7 Å². The second-order valence-corrected chi connectivity index (χ2v) is 7.05. The zero-order valence-corrected chi connectivity index (χ0v) is 15.1. The molecule has 7 heteroatoms. The summed E-state index contributed by atoms with van der Waals surface area (Å²) >= 11 is 0. The summed E-state index contributed by atoms with van der Waals surface area (Å²) in [6, 6.07) is 3.46. The standard InChI is InChI=1S/C19H25N3O4/c1-13-2-3-16(26-13)19(23)20-10-17-18-15(6-9-25-17)12-22(21-18)11-14-4-7-24-8-5-14/h2-3,12,14,17H,4-11H2,1H3,(H,20,23)/t17-/m0/s1. The molecular weight excluding hydrogens is 334 g/mol. The Morgan fingerprint density at radius 1 is 1.31 bits per heavy atom. The summed E-state index contributed by atoms with van der Waals surface area (Å²) in [4.78, 5) is 12.2. The molecular formula is C19H25N3O4. The first-order valence-corrected chi connectivity index (χ1v) is 9.29. The van der Waals surface area contributed by atoms with Crippen molar-refractivity contribution in [3.63, 3.8) is 0 Å². The highest BCUT2D eigenvalue weighted by Gasteiger charge is 2.26. The number of amides is 1. The summed E-state index contributed by atoms with van der Waals surface area (Å²) in [5, 5.41) is 7.65. The van der Waals surface area contributed by atoms with Crippen LogP contribution in [0.4, 0.5) is 0 Å². The van der Waals surface area contributed by atoms with Crippen LogP contribution in [0.3, 0.4) is 0 Å². The Balaban J connectivity index is 1.39. The molecule has 2 aliphatic heterocycles. The third-order valence-electron chi connectivity index (χ3n) is 5.06. The summed E-state index contributed by atoms with van der Waals surface area (Å²) in [7, 11) is 0. The molecule has 4 rings (SSSR count). The second-order valence-electron chi connectivity index (χ2n) is 7.05. The normalized spacial score (nSPS) is 20.7. The molecule has 1 saturated heterocycles. The molecule has 2 aromatic heterocycles. The Hall–Kier alpha value is -2.12. The van der Waals surface area contributed by atoms with E-state index < -0.39 is 0 Å². The third-order valence-corrected chi connectivity index (χ3v) is 5.06. The molecule has 1 amide bonds. The number of aryl methyl sites for hydroxylation is 1. The van der Waals surface area contributed by atoms with Crippen LogP contribution in [0, 0.1) is 12.8 Å². The van der Waals surface area contributed by atoms with E-state index in [-0.39, 0.29) is 12.0 Å². The van der Waals surface area contributed by atoms with Crippen LogP contribution in [-0.2, 0) is 22.4 Å². The molecule has 0 radical (unpaired) electrons. The minimum absolute atomic E-state index is 0.213. The Morgan fingerprint density at radius 3 is 2.92 bits per heavy atom. The van der Waals surface area contributed by atoms with Gasteiger partial charge < -0.3 is 19.2 Å². The molecule has 0 spiro atoms. The van der Waals surface area contributed by atoms with Gasteiger partial charge in [-0.05, 0) is 49.8 Å². The summed E-state index contributed by atoms with van der Waals surface area (Å²) in [6.07, 6.45) is 4.96. The van der Waals surface area contributed by atoms with Gasteiger partial charge in [0.1, 0.15) is 11.9 Å². The van der Waals surface area contributed by atoms with E-state index in [1.807, 2.05) is 11.6 Å². The molecule has 4 heterocycles. The van der Waals surface area contributed by atoms with Crippen molar-refractivity contribution in [2.24, 2.45) is 5.92 Å². The smallest absolute Gasteiger partial charge is 0.287 e. The lowest BCUT2D eigenvalue weighted by Gasteiger charge is -2.22. The minimum Gasteiger partial charge on any atom is -0.456 e. The lowest BCUT2D eigenvalue weighted by atomic mass is 10.0. The maximum absolute atomic E-state index is 12.2. The number of hydrogen-bond acceptors (Lipinski definition) is 5. The monoisotopic (exact) mass is 359 g/mol. The number of furan rings is 1. The van der Waals surface area contributed by atoms with Crippen LogP contribution >= 0.6 is 0 Å². The van der Waals surface area contributed by atoms with Gasteiger partial charge in [-0.15, -0.1) is 0 Å². The fourth-order valence-corrected chi connectivity index (χ4v) is 3.60. The maximum atomic E-state index is 12.2. The van der Waals surface area contributed by atoms with Crippen molar-refractivity contribution in [2.45, 2.75) is 38.8 Å². The lowest BCUT2D eigenvalue weighted by Crippen LogP contribution is -2.31. The summed E-state index contributed by atoms with van der Waals surface area (Å²) in [5.41, 5.74) is 2.16. The van der Waals surface area contributed by atoms with E-state index in [0.29, 0.717) is 24.8 Å². The van der Waals surface area contributed by atoms with Gasteiger partial charge >= 0.3 is 0 Å². The van der Waals surface area contributed by atoms with E-state index in [1.54, 1.807) is 12.1 Å². The molecule has 2 aliphatic rings. The van der Waals surface area contributed by atoms with Gasteiger partial charge in [-0.3, -0.25) is 9.48 Å². The van der Waals surface area contributed by atoms with Crippen LogP contribution in [0.1, 0.15) is 46.5 Å². The number of hydrogen-bond donors (Lipinski definition) is 1. The number of rotatable bonds is 5. The molecule has 26 heavy (non-hydrogen) atoms. The second kappa shape index (κ2) is 7.63. The zero-order valence-electron chi connectivity index (χ0n) is 15.1. The molecule has 0 aliphatic carbocycles. The van der Waals surface area contributed by atoms with E-state index in [2.05, 4.69) is 11.5 Å². The lowest BCUT2D eigenvalue weighted by molar-refractivity contribution is 0.0376. The molecule has 140 valence electrons. The molecule has 1 atom stereocenters. The van der Waals surface area contributed by atoms with Crippen molar-refractivity contribution in [3.8, 4) is 0 Å². The van der Waals surface area contributed by atoms with Gasteiger partial charge in [0, 0.05) is 32.5 Å². The van der Waals surface area contributed by atoms with E-state index in [1.165, 1.54) is 5.56 Å². The quantitative estimate of drug-likeness (QED) is 0.886. The van der Waals surface area contributed by atoms with Gasteiger partial charge in [-0.2, -0.15) is 5.10 Å². The van der Waals surface area contributed by atoms with Crippen molar-refractivity contribution in [3.05, 3.63) is 41.1 Å². The van der Waals surface area contributed by atoms with Crippen LogP contribution in [0.25, 0.3) is 0 Å². The third kappa shape index (κ3) is 3.83. The molecule has 1 N–H and O–H groups in total. The Bertz CT molecular complexity index is 761. The average molecular weight is 359 g/mol. The fourth-order valence-electron chi connectivity index (χ4n) is 3.60. The van der Waals surface area contributed by atoms with Gasteiger partial charge in [0.15, 0.2) is 5.76 Å². The number of aromatic nitrogens is 2. The number of nitrogens with zero attached hydrogens (tertiary/aromatic N) is 2. The number of nitrogens with one attached hydrogen (secondary N) is 1. The number of carbonyl (C=O) groups is 1. The van der Waals surface area contributed by atoms with Crippen molar-refractivity contribution in [1.29, 1.82) is 0 Å². The number of ether oxygens (including phenoxy) is 2. The van der Waals surface area contributed by atoms with Gasteiger partial charge in [0.05, 0.1) is 12.3 Å². The minimum atomic E-state index is -0.226. The van der Waals surface area contributed by atoms with E-state index in [4.69, 9.17) is 19.0 Å². The SMILES string of the molecule is Cc1ccc(C(=O)NC[C@@H]2OCCc3cn(CC4CCOCC4)nc32)o1. The first-order valence-electron chi connectivity index (χ1n) is 9.29. The van der Waals surface area contributed by atoms with Crippen LogP contribution < -0.4 is 5.32 Å². The highest BCUT2D eigenvalue weighted by atomic mass is 16.5. The number of fused-ring (bicyclic) bond motifs is 1. The summed E-state index contributed by atoms with van der Waals surface area (Å²) in [6.45, 7) is 5.46. The maximum Gasteiger partial charge on any atom is 0.287 e. The predicted molar refractivity (Wildman–Crippen MR) is 93.9 cm³/mol. The predicted octanol–water partition coefficient (Wildman–Crippen LogP) is 2.25. The number of carbonyl (C=O) groups excluding carboxylic acids is 1. The van der Waals surface area contributed by atoms with E-state index in [0.717, 1.165) is 50.5 Å². The Morgan fingerprint density at radius 2 is 2.15 bits per heavy atom. The molecule has 7 nitrogen and oxygen atoms in total. The van der Waals surface area contributed by atoms with Crippen LogP contribution in [-0.4, -0.2) is 42.1 Å². The molecule has 0 bridgehead atoms.